The van der Waals surface area contributed by atoms with Crippen molar-refractivity contribution in [2.24, 2.45) is 0 Å². The molecule has 0 bridgehead atoms. The Hall–Kier alpha value is -1.59. The standard InChI is InChI=1S/C20H28N2O3/c23-19(18-16-8-2-3-9-17(16)24-15-25-18)21-20(10-4-1-5-11-20)14-22-12-6-7-13-22/h2-3,8-9,18H,1,4-7,10-15H2,(H,21,23). The van der Waals surface area contributed by atoms with Crippen molar-refractivity contribution < 1.29 is 14.3 Å². The van der Waals surface area contributed by atoms with Crippen molar-refractivity contribution in [1.29, 1.82) is 0 Å². The van der Waals surface area contributed by atoms with Gasteiger partial charge in [0, 0.05) is 12.1 Å². The van der Waals surface area contributed by atoms with Crippen LogP contribution in [-0.4, -0.2) is 42.8 Å². The first-order valence-electron chi connectivity index (χ1n) is 9.64. The van der Waals surface area contributed by atoms with Crippen LogP contribution in [0.15, 0.2) is 24.3 Å². The van der Waals surface area contributed by atoms with Gasteiger partial charge in [0.1, 0.15) is 5.75 Å². The molecule has 0 aromatic heterocycles. The van der Waals surface area contributed by atoms with Crippen LogP contribution in [0.3, 0.4) is 0 Å². The Morgan fingerprint density at radius 2 is 1.88 bits per heavy atom. The Bertz CT molecular complexity index is 607. The van der Waals surface area contributed by atoms with Gasteiger partial charge < -0.3 is 19.7 Å². The summed E-state index contributed by atoms with van der Waals surface area (Å²) >= 11 is 0. The van der Waals surface area contributed by atoms with Crippen molar-refractivity contribution in [2.45, 2.75) is 56.6 Å². The van der Waals surface area contributed by atoms with Crippen LogP contribution in [0.25, 0.3) is 0 Å². The third-order valence-electron chi connectivity index (χ3n) is 5.81. The van der Waals surface area contributed by atoms with E-state index < -0.39 is 6.10 Å². The zero-order valence-corrected chi connectivity index (χ0v) is 14.8. The van der Waals surface area contributed by atoms with Gasteiger partial charge in [-0.1, -0.05) is 37.5 Å². The van der Waals surface area contributed by atoms with Crippen molar-refractivity contribution in [3.63, 3.8) is 0 Å². The topological polar surface area (TPSA) is 50.8 Å². The number of para-hydroxylation sites is 1. The first kappa shape index (κ1) is 16.9. The molecule has 1 unspecified atom stereocenters. The third kappa shape index (κ3) is 3.67. The molecule has 3 aliphatic rings. The van der Waals surface area contributed by atoms with Crippen LogP contribution in [0.2, 0.25) is 0 Å². The molecule has 2 fully saturated rings. The number of hydrogen-bond acceptors (Lipinski definition) is 4. The number of nitrogens with one attached hydrogen (secondary N) is 1. The Morgan fingerprint density at radius 3 is 2.68 bits per heavy atom. The maximum Gasteiger partial charge on any atom is 0.254 e. The summed E-state index contributed by atoms with van der Waals surface area (Å²) in [7, 11) is 0. The Balaban J connectivity index is 1.50. The summed E-state index contributed by atoms with van der Waals surface area (Å²) in [6.07, 6.45) is 7.79. The number of fused-ring (bicyclic) bond motifs is 1. The maximum absolute atomic E-state index is 13.1. The van der Waals surface area contributed by atoms with E-state index in [1.54, 1.807) is 0 Å². The summed E-state index contributed by atoms with van der Waals surface area (Å²) < 4.78 is 11.2. The summed E-state index contributed by atoms with van der Waals surface area (Å²) in [6.45, 7) is 3.43. The number of carbonyl (C=O) groups is 1. The monoisotopic (exact) mass is 344 g/mol. The normalized spacial score (nSPS) is 25.8. The fraction of sp³-hybridized carbons (Fsp3) is 0.650. The van der Waals surface area contributed by atoms with Gasteiger partial charge in [-0.2, -0.15) is 0 Å². The molecule has 1 saturated heterocycles. The lowest BCUT2D eigenvalue weighted by Gasteiger charge is -2.42. The highest BCUT2D eigenvalue weighted by Crippen LogP contribution is 2.34. The van der Waals surface area contributed by atoms with Crippen molar-refractivity contribution in [3.8, 4) is 5.75 Å². The molecule has 1 aromatic carbocycles. The van der Waals surface area contributed by atoms with Gasteiger partial charge in [0.15, 0.2) is 12.9 Å². The predicted octanol–water partition coefficient (Wildman–Crippen LogP) is 3.01. The van der Waals surface area contributed by atoms with Gasteiger partial charge in [-0.15, -0.1) is 0 Å². The Kier molecular flexibility index (Phi) is 4.95. The number of carbonyl (C=O) groups excluding carboxylic acids is 1. The minimum Gasteiger partial charge on any atom is -0.467 e. The Morgan fingerprint density at radius 1 is 1.12 bits per heavy atom. The molecular weight excluding hydrogens is 316 g/mol. The molecule has 25 heavy (non-hydrogen) atoms. The summed E-state index contributed by atoms with van der Waals surface area (Å²) in [5.41, 5.74) is 0.731. The molecule has 1 amide bonds. The van der Waals surface area contributed by atoms with Gasteiger partial charge in [0.25, 0.3) is 5.91 Å². The van der Waals surface area contributed by atoms with E-state index in [-0.39, 0.29) is 18.2 Å². The summed E-state index contributed by atoms with van der Waals surface area (Å²) in [4.78, 5) is 15.6. The lowest BCUT2D eigenvalue weighted by atomic mass is 9.81. The van der Waals surface area contributed by atoms with Crippen LogP contribution in [0.4, 0.5) is 0 Å². The predicted molar refractivity (Wildman–Crippen MR) is 95.4 cm³/mol. The van der Waals surface area contributed by atoms with Crippen LogP contribution in [-0.2, 0) is 9.53 Å². The number of rotatable bonds is 4. The second kappa shape index (κ2) is 7.34. The first-order chi connectivity index (χ1) is 12.3. The Labute approximate surface area is 149 Å². The number of amides is 1. The van der Waals surface area contributed by atoms with Gasteiger partial charge >= 0.3 is 0 Å². The fourth-order valence-electron chi connectivity index (χ4n) is 4.55. The number of hydrogen-bond donors (Lipinski definition) is 1. The van der Waals surface area contributed by atoms with Crippen LogP contribution in [0.5, 0.6) is 5.75 Å². The van der Waals surface area contributed by atoms with Gasteiger partial charge in [-0.3, -0.25) is 4.79 Å². The summed E-state index contributed by atoms with van der Waals surface area (Å²) in [5, 5.41) is 3.41. The molecule has 5 heteroatoms. The molecule has 1 atom stereocenters. The molecule has 1 N–H and O–H groups in total. The van der Waals surface area contributed by atoms with Crippen LogP contribution in [0, 0.1) is 0 Å². The molecular formula is C20H28N2O3. The second-order valence-corrected chi connectivity index (χ2v) is 7.66. The highest BCUT2D eigenvalue weighted by molar-refractivity contribution is 5.84. The molecule has 0 spiro atoms. The SMILES string of the molecule is O=C(NC1(CN2CCCC2)CCCCC1)C1OCOc2ccccc21. The molecule has 2 heterocycles. The van der Waals surface area contributed by atoms with Crippen molar-refractivity contribution >= 4 is 5.91 Å². The van der Waals surface area contributed by atoms with Crippen LogP contribution in [0.1, 0.15) is 56.6 Å². The van der Waals surface area contributed by atoms with Crippen LogP contribution < -0.4 is 10.1 Å². The van der Waals surface area contributed by atoms with Crippen molar-refractivity contribution in [2.75, 3.05) is 26.4 Å². The number of ether oxygens (including phenoxy) is 2. The number of nitrogens with zero attached hydrogens (tertiary/aromatic N) is 1. The van der Waals surface area contributed by atoms with Gasteiger partial charge in [0.2, 0.25) is 0 Å². The quantitative estimate of drug-likeness (QED) is 0.912. The highest BCUT2D eigenvalue weighted by Gasteiger charge is 2.39. The van der Waals surface area contributed by atoms with Gasteiger partial charge in [-0.05, 0) is 44.8 Å². The maximum atomic E-state index is 13.1. The lowest BCUT2D eigenvalue weighted by molar-refractivity contribution is -0.144. The van der Waals surface area contributed by atoms with E-state index in [1.807, 2.05) is 24.3 Å². The van der Waals surface area contributed by atoms with E-state index in [1.165, 1.54) is 32.1 Å². The molecule has 2 aliphatic heterocycles. The third-order valence-corrected chi connectivity index (χ3v) is 5.81. The average Bonchev–Trinajstić information content (AvgIpc) is 3.14. The summed E-state index contributed by atoms with van der Waals surface area (Å²) in [6, 6.07) is 7.68. The van der Waals surface area contributed by atoms with E-state index in [9.17, 15) is 4.79 Å². The molecule has 1 saturated carbocycles. The smallest absolute Gasteiger partial charge is 0.254 e. The second-order valence-electron chi connectivity index (χ2n) is 7.66. The number of likely N-dealkylation sites (tertiary alicyclic amines) is 1. The fourth-order valence-corrected chi connectivity index (χ4v) is 4.55. The zero-order valence-electron chi connectivity index (χ0n) is 14.8. The van der Waals surface area contributed by atoms with Gasteiger partial charge in [0.05, 0.1) is 5.54 Å². The molecule has 1 aliphatic carbocycles. The molecule has 0 radical (unpaired) electrons. The highest BCUT2D eigenvalue weighted by atomic mass is 16.7. The van der Waals surface area contributed by atoms with E-state index in [2.05, 4.69) is 10.2 Å². The molecule has 5 nitrogen and oxygen atoms in total. The molecule has 1 aromatic rings. The summed E-state index contributed by atoms with van der Waals surface area (Å²) in [5.74, 6) is 0.739. The first-order valence-corrected chi connectivity index (χ1v) is 9.64. The minimum absolute atomic E-state index is 0.0168. The number of benzene rings is 1. The molecule has 4 rings (SSSR count). The zero-order chi connectivity index (χ0) is 17.1. The van der Waals surface area contributed by atoms with Crippen molar-refractivity contribution in [1.82, 2.24) is 10.2 Å². The largest absolute Gasteiger partial charge is 0.467 e. The van der Waals surface area contributed by atoms with Crippen molar-refractivity contribution in [3.05, 3.63) is 29.8 Å². The van der Waals surface area contributed by atoms with E-state index in [0.29, 0.717) is 0 Å². The molecule has 136 valence electrons. The lowest BCUT2D eigenvalue weighted by Crippen LogP contribution is -2.57. The minimum atomic E-state index is -0.567. The van der Waals surface area contributed by atoms with E-state index >= 15 is 0 Å². The average molecular weight is 344 g/mol. The van der Waals surface area contributed by atoms with E-state index in [0.717, 1.165) is 43.8 Å². The van der Waals surface area contributed by atoms with Crippen LogP contribution >= 0.6 is 0 Å². The van der Waals surface area contributed by atoms with Gasteiger partial charge in [-0.25, -0.2) is 0 Å². The van der Waals surface area contributed by atoms with E-state index in [4.69, 9.17) is 9.47 Å².